The number of rotatable bonds is 5. The second-order valence-corrected chi connectivity index (χ2v) is 3.82. The van der Waals surface area contributed by atoms with Gasteiger partial charge < -0.3 is 14.2 Å². The topological polar surface area (TPSA) is 69.2 Å². The molecule has 0 radical (unpaired) electrons. The molecule has 0 aliphatic rings. The van der Waals surface area contributed by atoms with Gasteiger partial charge in [-0.1, -0.05) is 6.07 Å². The zero-order valence-electron chi connectivity index (χ0n) is 11.5. The Labute approximate surface area is 112 Å². The summed E-state index contributed by atoms with van der Waals surface area (Å²) in [5.41, 5.74) is 4.03. The fourth-order valence-electron chi connectivity index (χ4n) is 1.51. The molecule has 19 heavy (non-hydrogen) atoms. The molecule has 0 aromatic heterocycles. The van der Waals surface area contributed by atoms with Crippen molar-refractivity contribution in [2.45, 2.75) is 13.3 Å². The predicted molar refractivity (Wildman–Crippen MR) is 71.9 cm³/mol. The van der Waals surface area contributed by atoms with Gasteiger partial charge in [-0.25, -0.2) is 10.2 Å². The van der Waals surface area contributed by atoms with Crippen molar-refractivity contribution in [3.63, 3.8) is 0 Å². The Hall–Kier alpha value is -2.24. The molecule has 0 aliphatic carbocycles. The average Bonchev–Trinajstić information content (AvgIpc) is 2.44. The van der Waals surface area contributed by atoms with Crippen molar-refractivity contribution in [2.75, 3.05) is 21.3 Å². The van der Waals surface area contributed by atoms with Crippen LogP contribution in [0.3, 0.4) is 0 Å². The van der Waals surface area contributed by atoms with Crippen LogP contribution in [0.2, 0.25) is 0 Å². The number of hydrazone groups is 1. The molecule has 0 unspecified atom stereocenters. The number of hydrogen-bond acceptors (Lipinski definition) is 5. The fourth-order valence-corrected chi connectivity index (χ4v) is 1.51. The number of amides is 1. The first-order valence-corrected chi connectivity index (χ1v) is 5.68. The molecule has 0 atom stereocenters. The van der Waals surface area contributed by atoms with E-state index in [1.807, 2.05) is 25.1 Å². The molecule has 0 aliphatic heterocycles. The van der Waals surface area contributed by atoms with E-state index in [0.29, 0.717) is 17.9 Å². The van der Waals surface area contributed by atoms with Crippen molar-refractivity contribution in [1.82, 2.24) is 5.43 Å². The first kappa shape index (κ1) is 14.8. The van der Waals surface area contributed by atoms with Crippen molar-refractivity contribution in [3.05, 3.63) is 23.8 Å². The summed E-state index contributed by atoms with van der Waals surface area (Å²) >= 11 is 0. The van der Waals surface area contributed by atoms with Gasteiger partial charge in [-0.2, -0.15) is 5.10 Å². The summed E-state index contributed by atoms with van der Waals surface area (Å²) in [6.45, 7) is 1.81. The van der Waals surface area contributed by atoms with E-state index >= 15 is 0 Å². The minimum absolute atomic E-state index is 0.588. The van der Waals surface area contributed by atoms with E-state index in [9.17, 15) is 4.79 Å². The highest BCUT2D eigenvalue weighted by Gasteiger charge is 2.05. The zero-order valence-corrected chi connectivity index (χ0v) is 11.5. The minimum Gasteiger partial charge on any atom is -0.493 e. The fraction of sp³-hybridized carbons (Fsp3) is 0.385. The summed E-state index contributed by atoms with van der Waals surface area (Å²) in [5, 5.41) is 3.91. The van der Waals surface area contributed by atoms with Crippen LogP contribution in [0.15, 0.2) is 23.3 Å². The van der Waals surface area contributed by atoms with Gasteiger partial charge in [0.15, 0.2) is 11.5 Å². The molecule has 1 N–H and O–H groups in total. The summed E-state index contributed by atoms with van der Waals surface area (Å²) in [6, 6.07) is 5.61. The van der Waals surface area contributed by atoms with Crippen LogP contribution in [-0.4, -0.2) is 33.1 Å². The molecule has 0 heterocycles. The first-order valence-electron chi connectivity index (χ1n) is 5.68. The lowest BCUT2D eigenvalue weighted by Gasteiger charge is -2.09. The normalized spacial score (nSPS) is 10.8. The maximum Gasteiger partial charge on any atom is 0.427 e. The molecule has 1 amide bonds. The molecule has 0 spiro atoms. The standard InChI is InChI=1S/C13H18N2O4/c1-9(14-15-13(16)19-4)7-10-5-6-11(17-2)12(8-10)18-3/h5-6,8H,7H2,1-4H3,(H,15,16)/b14-9-. The highest BCUT2D eigenvalue weighted by Crippen LogP contribution is 2.27. The maximum absolute atomic E-state index is 10.9. The quantitative estimate of drug-likeness (QED) is 0.653. The van der Waals surface area contributed by atoms with Crippen LogP contribution < -0.4 is 14.9 Å². The molecule has 1 aromatic rings. The van der Waals surface area contributed by atoms with Crippen LogP contribution in [0.4, 0.5) is 4.79 Å². The molecule has 1 aromatic carbocycles. The number of ether oxygens (including phenoxy) is 3. The second kappa shape index (κ2) is 7.25. The largest absolute Gasteiger partial charge is 0.493 e. The Morgan fingerprint density at radius 3 is 2.47 bits per heavy atom. The third-order valence-corrected chi connectivity index (χ3v) is 2.43. The average molecular weight is 266 g/mol. The molecule has 6 nitrogen and oxygen atoms in total. The van der Waals surface area contributed by atoms with Crippen LogP contribution in [0.1, 0.15) is 12.5 Å². The predicted octanol–water partition coefficient (Wildman–Crippen LogP) is 1.98. The molecular weight excluding hydrogens is 248 g/mol. The molecule has 0 saturated carbocycles. The van der Waals surface area contributed by atoms with E-state index in [0.717, 1.165) is 11.3 Å². The van der Waals surface area contributed by atoms with E-state index in [1.165, 1.54) is 7.11 Å². The first-order chi connectivity index (χ1) is 9.10. The SMILES string of the molecule is COC(=O)N/N=C(/C)Cc1ccc(OC)c(OC)c1. The Bertz CT molecular complexity index is 472. The van der Waals surface area contributed by atoms with Crippen molar-refractivity contribution < 1.29 is 19.0 Å². The number of hydrogen-bond donors (Lipinski definition) is 1. The molecule has 0 fully saturated rings. The summed E-state index contributed by atoms with van der Waals surface area (Å²) in [7, 11) is 4.46. The smallest absolute Gasteiger partial charge is 0.427 e. The number of nitrogens with one attached hydrogen (secondary N) is 1. The Morgan fingerprint density at radius 2 is 1.89 bits per heavy atom. The number of carbonyl (C=O) groups excluding carboxylic acids is 1. The third-order valence-electron chi connectivity index (χ3n) is 2.43. The lowest BCUT2D eigenvalue weighted by Crippen LogP contribution is -2.19. The van der Waals surface area contributed by atoms with Gasteiger partial charge in [0, 0.05) is 12.1 Å². The second-order valence-electron chi connectivity index (χ2n) is 3.82. The lowest BCUT2D eigenvalue weighted by atomic mass is 10.1. The van der Waals surface area contributed by atoms with Crippen molar-refractivity contribution in [3.8, 4) is 11.5 Å². The highest BCUT2D eigenvalue weighted by atomic mass is 16.5. The van der Waals surface area contributed by atoms with Gasteiger partial charge in [-0.3, -0.25) is 0 Å². The van der Waals surface area contributed by atoms with Gasteiger partial charge in [-0.15, -0.1) is 0 Å². The molecule has 1 rings (SSSR count). The maximum atomic E-state index is 10.9. The third kappa shape index (κ3) is 4.50. The molecule has 0 saturated heterocycles. The Kier molecular flexibility index (Phi) is 5.66. The molecule has 0 bridgehead atoms. The summed E-state index contributed by atoms with van der Waals surface area (Å²) < 4.78 is 14.8. The molecule has 104 valence electrons. The molecular formula is C13H18N2O4. The highest BCUT2D eigenvalue weighted by molar-refractivity contribution is 5.85. The number of carbonyl (C=O) groups is 1. The Balaban J connectivity index is 2.74. The van der Waals surface area contributed by atoms with Gasteiger partial charge in [0.25, 0.3) is 0 Å². The Morgan fingerprint density at radius 1 is 1.21 bits per heavy atom. The van der Waals surface area contributed by atoms with Crippen molar-refractivity contribution >= 4 is 11.8 Å². The van der Waals surface area contributed by atoms with Gasteiger partial charge in [0.1, 0.15) is 0 Å². The van der Waals surface area contributed by atoms with E-state index in [1.54, 1.807) is 14.2 Å². The van der Waals surface area contributed by atoms with E-state index in [-0.39, 0.29) is 0 Å². The van der Waals surface area contributed by atoms with Gasteiger partial charge in [-0.05, 0) is 24.6 Å². The van der Waals surface area contributed by atoms with E-state index in [4.69, 9.17) is 9.47 Å². The van der Waals surface area contributed by atoms with Crippen LogP contribution in [-0.2, 0) is 11.2 Å². The summed E-state index contributed by atoms with van der Waals surface area (Å²) in [4.78, 5) is 10.9. The van der Waals surface area contributed by atoms with Gasteiger partial charge >= 0.3 is 6.09 Å². The van der Waals surface area contributed by atoms with E-state index < -0.39 is 6.09 Å². The monoisotopic (exact) mass is 266 g/mol. The van der Waals surface area contributed by atoms with Crippen molar-refractivity contribution in [2.24, 2.45) is 5.10 Å². The lowest BCUT2D eigenvalue weighted by molar-refractivity contribution is 0.171. The van der Waals surface area contributed by atoms with Crippen LogP contribution in [0, 0.1) is 0 Å². The van der Waals surface area contributed by atoms with Crippen LogP contribution >= 0.6 is 0 Å². The zero-order chi connectivity index (χ0) is 14.3. The number of nitrogens with zero attached hydrogens (tertiary/aromatic N) is 1. The van der Waals surface area contributed by atoms with Crippen molar-refractivity contribution in [1.29, 1.82) is 0 Å². The van der Waals surface area contributed by atoms with Crippen LogP contribution in [0.5, 0.6) is 11.5 Å². The summed E-state index contributed by atoms with van der Waals surface area (Å²) in [5.74, 6) is 1.34. The number of benzene rings is 1. The van der Waals surface area contributed by atoms with E-state index in [2.05, 4.69) is 15.3 Å². The number of methoxy groups -OCH3 is 3. The summed E-state index contributed by atoms with van der Waals surface area (Å²) in [6.07, 6.45) is -0.00341. The van der Waals surface area contributed by atoms with Gasteiger partial charge in [0.2, 0.25) is 0 Å². The minimum atomic E-state index is -0.591. The van der Waals surface area contributed by atoms with Crippen LogP contribution in [0.25, 0.3) is 0 Å². The van der Waals surface area contributed by atoms with Gasteiger partial charge in [0.05, 0.1) is 21.3 Å². The molecule has 6 heteroatoms.